The monoisotopic (exact) mass is 203 g/mol. The number of hydroxylamine groups is 1. The van der Waals surface area contributed by atoms with Crippen LogP contribution in [0.2, 0.25) is 0 Å². The summed E-state index contributed by atoms with van der Waals surface area (Å²) in [6.07, 6.45) is 4.34. The van der Waals surface area contributed by atoms with Crippen molar-refractivity contribution in [3.8, 4) is 5.75 Å². The normalized spacial score (nSPS) is 13.5. The number of carbonyl (C=O) groups is 1. The van der Waals surface area contributed by atoms with E-state index in [1.165, 1.54) is 18.5 Å². The van der Waals surface area contributed by atoms with E-state index >= 15 is 0 Å². The van der Waals surface area contributed by atoms with Gasteiger partial charge in [0.25, 0.3) is 0 Å². The van der Waals surface area contributed by atoms with Crippen molar-refractivity contribution in [1.82, 2.24) is 5.48 Å². The van der Waals surface area contributed by atoms with Crippen LogP contribution in [0, 0.1) is 0 Å². The lowest BCUT2D eigenvalue weighted by Gasteiger charge is -2.08. The van der Waals surface area contributed by atoms with Gasteiger partial charge in [0.05, 0.1) is 11.8 Å². The Morgan fingerprint density at radius 2 is 2.07 bits per heavy atom. The number of esters is 1. The Balaban J connectivity index is 2.04. The van der Waals surface area contributed by atoms with Gasteiger partial charge in [-0.2, -0.15) is 0 Å². The van der Waals surface area contributed by atoms with Crippen LogP contribution >= 0.6 is 0 Å². The maximum Gasteiger partial charge on any atom is 0.345 e. The first-order valence-corrected chi connectivity index (χ1v) is 4.41. The number of para-hydroxylation sites is 1. The van der Waals surface area contributed by atoms with E-state index in [0.717, 1.165) is 0 Å². The van der Waals surface area contributed by atoms with Crippen LogP contribution in [-0.2, 0) is 9.63 Å². The molecule has 1 aromatic rings. The molecule has 0 unspecified atom stereocenters. The second-order valence-corrected chi connectivity index (χ2v) is 2.84. The lowest BCUT2D eigenvalue weighted by Crippen LogP contribution is -2.16. The van der Waals surface area contributed by atoms with E-state index in [0.29, 0.717) is 11.3 Å². The Bertz CT molecular complexity index is 409. The van der Waals surface area contributed by atoms with E-state index in [1.54, 1.807) is 24.3 Å². The van der Waals surface area contributed by atoms with E-state index in [4.69, 9.17) is 4.74 Å². The molecule has 1 N–H and O–H groups in total. The van der Waals surface area contributed by atoms with E-state index < -0.39 is 5.97 Å². The highest BCUT2D eigenvalue weighted by molar-refractivity contribution is 5.93. The zero-order chi connectivity index (χ0) is 10.5. The minimum atomic E-state index is -0.423. The molecule has 0 amide bonds. The fraction of sp³-hybridized carbons (Fsp3) is 0. The van der Waals surface area contributed by atoms with Gasteiger partial charge in [-0.05, 0) is 18.2 Å². The molecule has 0 bridgehead atoms. The number of rotatable bonds is 2. The van der Waals surface area contributed by atoms with Crippen molar-refractivity contribution in [1.29, 1.82) is 0 Å². The average molecular weight is 203 g/mol. The van der Waals surface area contributed by atoms with Crippen LogP contribution in [0.5, 0.6) is 5.75 Å². The Labute approximate surface area is 86.8 Å². The maximum absolute atomic E-state index is 11.5. The number of ether oxygens (including phenoxy) is 1. The third-order valence-electron chi connectivity index (χ3n) is 1.79. The van der Waals surface area contributed by atoms with Crippen LogP contribution in [0.4, 0.5) is 0 Å². The summed E-state index contributed by atoms with van der Waals surface area (Å²) in [5.41, 5.74) is 2.86. The Hall–Kier alpha value is -2.23. The molecule has 1 aliphatic heterocycles. The van der Waals surface area contributed by atoms with E-state index in [9.17, 15) is 4.79 Å². The minimum Gasteiger partial charge on any atom is -0.423 e. The van der Waals surface area contributed by atoms with Gasteiger partial charge in [-0.3, -0.25) is 0 Å². The van der Waals surface area contributed by atoms with Crippen molar-refractivity contribution in [2.75, 3.05) is 0 Å². The number of benzene rings is 1. The molecular formula is C11H9NO3. The number of nitrogens with one attached hydrogen (secondary N) is 1. The van der Waals surface area contributed by atoms with Gasteiger partial charge in [0.15, 0.2) is 0 Å². The standard InChI is InChI=1S/C11H9NO3/c13-11(9-6-7-14-12-8-9)15-10-4-2-1-3-5-10/h1-8,12H. The number of hydrogen-bond acceptors (Lipinski definition) is 4. The van der Waals surface area contributed by atoms with Gasteiger partial charge in [0.2, 0.25) is 0 Å². The fourth-order valence-electron chi connectivity index (χ4n) is 1.07. The van der Waals surface area contributed by atoms with E-state index in [2.05, 4.69) is 10.3 Å². The fourth-order valence-corrected chi connectivity index (χ4v) is 1.07. The molecule has 76 valence electrons. The molecule has 0 aliphatic carbocycles. The molecule has 1 heterocycles. The van der Waals surface area contributed by atoms with Crippen molar-refractivity contribution in [2.45, 2.75) is 0 Å². The van der Waals surface area contributed by atoms with Crippen molar-refractivity contribution < 1.29 is 14.4 Å². The second-order valence-electron chi connectivity index (χ2n) is 2.84. The molecule has 0 radical (unpaired) electrons. The quantitative estimate of drug-likeness (QED) is 0.584. The molecule has 15 heavy (non-hydrogen) atoms. The van der Waals surface area contributed by atoms with Gasteiger partial charge >= 0.3 is 5.97 Å². The van der Waals surface area contributed by atoms with Crippen molar-refractivity contribution >= 4 is 5.97 Å². The third kappa shape index (κ3) is 2.37. The summed E-state index contributed by atoms with van der Waals surface area (Å²) < 4.78 is 5.10. The van der Waals surface area contributed by atoms with Gasteiger partial charge in [-0.25, -0.2) is 10.3 Å². The molecule has 4 nitrogen and oxygen atoms in total. The average Bonchev–Trinajstić information content (AvgIpc) is 2.31. The Morgan fingerprint density at radius 1 is 1.27 bits per heavy atom. The molecule has 1 aromatic carbocycles. The molecule has 0 saturated heterocycles. The predicted octanol–water partition coefficient (Wildman–Crippen LogP) is 1.52. The van der Waals surface area contributed by atoms with Crippen molar-refractivity contribution in [3.05, 3.63) is 54.4 Å². The SMILES string of the molecule is O=C(Oc1ccccc1)C1=CNOC=C1. The smallest absolute Gasteiger partial charge is 0.345 e. The summed E-state index contributed by atoms with van der Waals surface area (Å²) in [6.45, 7) is 0. The van der Waals surface area contributed by atoms with Gasteiger partial charge in [-0.1, -0.05) is 18.2 Å². The summed E-state index contributed by atoms with van der Waals surface area (Å²) in [5.74, 6) is 0.0940. The van der Waals surface area contributed by atoms with Crippen LogP contribution in [-0.4, -0.2) is 5.97 Å². The summed E-state index contributed by atoms with van der Waals surface area (Å²) in [5, 5.41) is 0. The lowest BCUT2D eigenvalue weighted by atomic mass is 10.3. The topological polar surface area (TPSA) is 47.6 Å². The molecule has 0 atom stereocenters. The predicted molar refractivity (Wildman–Crippen MR) is 53.5 cm³/mol. The highest BCUT2D eigenvalue weighted by atomic mass is 16.6. The van der Waals surface area contributed by atoms with Crippen LogP contribution in [0.25, 0.3) is 0 Å². The summed E-state index contributed by atoms with van der Waals surface area (Å²) >= 11 is 0. The largest absolute Gasteiger partial charge is 0.423 e. The molecule has 1 aliphatic rings. The molecule has 4 heteroatoms. The molecule has 0 saturated carbocycles. The second kappa shape index (κ2) is 4.32. The van der Waals surface area contributed by atoms with Gasteiger partial charge in [-0.15, -0.1) is 0 Å². The zero-order valence-electron chi connectivity index (χ0n) is 7.84. The van der Waals surface area contributed by atoms with E-state index in [-0.39, 0.29) is 0 Å². The lowest BCUT2D eigenvalue weighted by molar-refractivity contribution is -0.129. The summed E-state index contributed by atoms with van der Waals surface area (Å²) in [6, 6.07) is 8.89. The summed E-state index contributed by atoms with van der Waals surface area (Å²) in [7, 11) is 0. The van der Waals surface area contributed by atoms with Crippen molar-refractivity contribution in [3.63, 3.8) is 0 Å². The maximum atomic E-state index is 11.5. The Morgan fingerprint density at radius 3 is 2.73 bits per heavy atom. The van der Waals surface area contributed by atoms with Crippen LogP contribution in [0.1, 0.15) is 0 Å². The first-order chi connectivity index (χ1) is 7.36. The molecular weight excluding hydrogens is 194 g/mol. The molecule has 2 rings (SSSR count). The number of carbonyl (C=O) groups excluding carboxylic acids is 1. The molecule has 0 fully saturated rings. The van der Waals surface area contributed by atoms with Gasteiger partial charge in [0.1, 0.15) is 12.0 Å². The number of hydrogen-bond donors (Lipinski definition) is 1. The van der Waals surface area contributed by atoms with Crippen molar-refractivity contribution in [2.24, 2.45) is 0 Å². The highest BCUT2D eigenvalue weighted by Gasteiger charge is 2.11. The molecule has 0 aromatic heterocycles. The first kappa shape index (κ1) is 9.33. The van der Waals surface area contributed by atoms with Crippen LogP contribution in [0.15, 0.2) is 54.4 Å². The van der Waals surface area contributed by atoms with E-state index in [1.807, 2.05) is 6.07 Å². The minimum absolute atomic E-state index is 0.408. The third-order valence-corrected chi connectivity index (χ3v) is 1.79. The molecule has 0 spiro atoms. The Kier molecular flexibility index (Phi) is 2.69. The highest BCUT2D eigenvalue weighted by Crippen LogP contribution is 2.11. The zero-order valence-corrected chi connectivity index (χ0v) is 7.84. The van der Waals surface area contributed by atoms with Gasteiger partial charge in [0, 0.05) is 0 Å². The van der Waals surface area contributed by atoms with Crippen LogP contribution in [0.3, 0.4) is 0 Å². The van der Waals surface area contributed by atoms with Gasteiger partial charge < -0.3 is 9.57 Å². The first-order valence-electron chi connectivity index (χ1n) is 4.41. The van der Waals surface area contributed by atoms with Crippen LogP contribution < -0.4 is 10.2 Å². The summed E-state index contributed by atoms with van der Waals surface area (Å²) in [4.78, 5) is 16.2.